The molecular weight excluding hydrogens is 252 g/mol. The van der Waals surface area contributed by atoms with Gasteiger partial charge in [-0.1, -0.05) is 18.5 Å². The maximum atomic E-state index is 5.20. The van der Waals surface area contributed by atoms with Crippen LogP contribution in [0.3, 0.4) is 0 Å². The summed E-state index contributed by atoms with van der Waals surface area (Å²) < 4.78 is 5.20. The molecule has 2 rings (SSSR count). The van der Waals surface area contributed by atoms with E-state index in [1.807, 2.05) is 6.92 Å². The monoisotopic (exact) mass is 280 g/mol. The van der Waals surface area contributed by atoms with Crippen molar-refractivity contribution in [2.45, 2.75) is 71.5 Å². The molecule has 5 nitrogen and oxygen atoms in total. The van der Waals surface area contributed by atoms with Crippen LogP contribution < -0.4 is 5.32 Å². The summed E-state index contributed by atoms with van der Waals surface area (Å²) in [5, 5.41) is 7.69. The zero-order chi connectivity index (χ0) is 14.6. The van der Waals surface area contributed by atoms with Crippen LogP contribution in [-0.2, 0) is 13.0 Å². The van der Waals surface area contributed by atoms with E-state index in [2.05, 4.69) is 41.1 Å². The fourth-order valence-electron chi connectivity index (χ4n) is 2.60. The molecule has 5 heteroatoms. The van der Waals surface area contributed by atoms with Gasteiger partial charge in [-0.15, -0.1) is 0 Å². The lowest BCUT2D eigenvalue weighted by molar-refractivity contribution is 0.126. The van der Waals surface area contributed by atoms with E-state index in [0.29, 0.717) is 6.04 Å². The molecule has 20 heavy (non-hydrogen) atoms. The first-order valence-corrected chi connectivity index (χ1v) is 7.78. The molecule has 1 fully saturated rings. The molecular formula is C15H28N4O. The van der Waals surface area contributed by atoms with Gasteiger partial charge in [0.1, 0.15) is 0 Å². The molecule has 0 radical (unpaired) electrons. The Balaban J connectivity index is 1.92. The Morgan fingerprint density at radius 3 is 2.80 bits per heavy atom. The Morgan fingerprint density at radius 2 is 2.15 bits per heavy atom. The summed E-state index contributed by atoms with van der Waals surface area (Å²) in [5.41, 5.74) is 0.171. The molecule has 1 saturated heterocycles. The third kappa shape index (κ3) is 4.56. The van der Waals surface area contributed by atoms with Gasteiger partial charge in [-0.3, -0.25) is 4.90 Å². The summed E-state index contributed by atoms with van der Waals surface area (Å²) in [6.07, 6.45) is 4.65. The molecule has 1 aliphatic rings. The quantitative estimate of drug-likeness (QED) is 0.897. The van der Waals surface area contributed by atoms with Gasteiger partial charge in [-0.2, -0.15) is 4.98 Å². The number of likely N-dealkylation sites (tertiary alicyclic amines) is 1. The number of piperidine rings is 1. The van der Waals surface area contributed by atoms with Crippen LogP contribution in [-0.4, -0.2) is 39.7 Å². The van der Waals surface area contributed by atoms with Gasteiger partial charge in [0.2, 0.25) is 5.89 Å². The van der Waals surface area contributed by atoms with Crippen LogP contribution in [0, 0.1) is 0 Å². The standard InChI is InChI=1S/C15H28N4O/c1-5-14-17-13(18-20-14)11-19-9-7-6-8-12(19)10-16-15(2,3)4/h12,16H,5-11H2,1-4H3. The maximum Gasteiger partial charge on any atom is 0.226 e. The highest BCUT2D eigenvalue weighted by Gasteiger charge is 2.25. The fourth-order valence-corrected chi connectivity index (χ4v) is 2.60. The van der Waals surface area contributed by atoms with E-state index in [9.17, 15) is 0 Å². The lowest BCUT2D eigenvalue weighted by atomic mass is 10.0. The first-order valence-electron chi connectivity index (χ1n) is 7.78. The highest BCUT2D eigenvalue weighted by atomic mass is 16.5. The average molecular weight is 280 g/mol. The Hall–Kier alpha value is -0.940. The van der Waals surface area contributed by atoms with E-state index in [4.69, 9.17) is 4.52 Å². The molecule has 2 heterocycles. The zero-order valence-corrected chi connectivity index (χ0v) is 13.3. The second kappa shape index (κ2) is 6.68. The maximum absolute atomic E-state index is 5.20. The van der Waals surface area contributed by atoms with Crippen LogP contribution in [0.2, 0.25) is 0 Å². The minimum atomic E-state index is 0.171. The molecule has 1 aromatic rings. The summed E-state index contributed by atoms with van der Waals surface area (Å²) in [6, 6.07) is 0.576. The number of aryl methyl sites for hydroxylation is 1. The van der Waals surface area contributed by atoms with Crippen LogP contribution in [0.25, 0.3) is 0 Å². The van der Waals surface area contributed by atoms with Crippen molar-refractivity contribution in [3.8, 4) is 0 Å². The predicted octanol–water partition coefficient (Wildman–Crippen LogP) is 2.37. The second-order valence-corrected chi connectivity index (χ2v) is 6.71. The number of nitrogens with zero attached hydrogens (tertiary/aromatic N) is 3. The van der Waals surface area contributed by atoms with Crippen molar-refractivity contribution in [3.63, 3.8) is 0 Å². The molecule has 0 spiro atoms. The van der Waals surface area contributed by atoms with E-state index < -0.39 is 0 Å². The largest absolute Gasteiger partial charge is 0.339 e. The van der Waals surface area contributed by atoms with E-state index >= 15 is 0 Å². The van der Waals surface area contributed by atoms with Gasteiger partial charge >= 0.3 is 0 Å². The van der Waals surface area contributed by atoms with Crippen molar-refractivity contribution in [2.24, 2.45) is 0 Å². The minimum Gasteiger partial charge on any atom is -0.339 e. The summed E-state index contributed by atoms with van der Waals surface area (Å²) >= 11 is 0. The van der Waals surface area contributed by atoms with Gasteiger partial charge in [0.15, 0.2) is 5.82 Å². The molecule has 0 amide bonds. The number of aromatic nitrogens is 2. The minimum absolute atomic E-state index is 0.171. The summed E-state index contributed by atoms with van der Waals surface area (Å²) in [5.74, 6) is 1.56. The van der Waals surface area contributed by atoms with Crippen molar-refractivity contribution < 1.29 is 4.52 Å². The zero-order valence-electron chi connectivity index (χ0n) is 13.3. The second-order valence-electron chi connectivity index (χ2n) is 6.71. The molecule has 0 aliphatic carbocycles. The molecule has 0 bridgehead atoms. The third-order valence-corrected chi connectivity index (χ3v) is 3.77. The van der Waals surface area contributed by atoms with Gasteiger partial charge in [-0.05, 0) is 40.2 Å². The lowest BCUT2D eigenvalue weighted by Gasteiger charge is -2.36. The third-order valence-electron chi connectivity index (χ3n) is 3.77. The Kier molecular flexibility index (Phi) is 5.16. The van der Waals surface area contributed by atoms with Crippen molar-refractivity contribution in [2.75, 3.05) is 13.1 Å². The van der Waals surface area contributed by atoms with E-state index in [-0.39, 0.29) is 5.54 Å². The molecule has 1 aromatic heterocycles. The summed E-state index contributed by atoms with van der Waals surface area (Å²) in [7, 11) is 0. The van der Waals surface area contributed by atoms with Crippen molar-refractivity contribution in [1.29, 1.82) is 0 Å². The van der Waals surface area contributed by atoms with Crippen LogP contribution in [0.15, 0.2) is 4.52 Å². The van der Waals surface area contributed by atoms with E-state index in [0.717, 1.165) is 37.8 Å². The molecule has 1 aliphatic heterocycles. The fraction of sp³-hybridized carbons (Fsp3) is 0.867. The topological polar surface area (TPSA) is 54.2 Å². The molecule has 114 valence electrons. The molecule has 1 unspecified atom stereocenters. The van der Waals surface area contributed by atoms with Gasteiger partial charge in [0.25, 0.3) is 0 Å². The van der Waals surface area contributed by atoms with E-state index in [1.165, 1.54) is 19.3 Å². The van der Waals surface area contributed by atoms with Crippen LogP contribution in [0.4, 0.5) is 0 Å². The lowest BCUT2D eigenvalue weighted by Crippen LogP contribution is -2.49. The van der Waals surface area contributed by atoms with Crippen LogP contribution >= 0.6 is 0 Å². The summed E-state index contributed by atoms with van der Waals surface area (Å²) in [4.78, 5) is 6.92. The number of rotatable bonds is 5. The van der Waals surface area contributed by atoms with E-state index in [1.54, 1.807) is 0 Å². The molecule has 0 aromatic carbocycles. The van der Waals surface area contributed by atoms with Crippen molar-refractivity contribution in [3.05, 3.63) is 11.7 Å². The number of hydrogen-bond donors (Lipinski definition) is 1. The Bertz CT molecular complexity index is 410. The first-order chi connectivity index (χ1) is 9.48. The van der Waals surface area contributed by atoms with Gasteiger partial charge < -0.3 is 9.84 Å². The predicted molar refractivity (Wildman–Crippen MR) is 79.5 cm³/mol. The smallest absolute Gasteiger partial charge is 0.226 e. The van der Waals surface area contributed by atoms with Gasteiger partial charge in [0.05, 0.1) is 6.54 Å². The average Bonchev–Trinajstić information content (AvgIpc) is 2.84. The Morgan fingerprint density at radius 1 is 1.35 bits per heavy atom. The molecule has 1 N–H and O–H groups in total. The van der Waals surface area contributed by atoms with Crippen LogP contribution in [0.1, 0.15) is 58.7 Å². The molecule has 1 atom stereocenters. The summed E-state index contributed by atoms with van der Waals surface area (Å²) in [6.45, 7) is 11.6. The highest BCUT2D eigenvalue weighted by Crippen LogP contribution is 2.19. The number of nitrogens with one attached hydrogen (secondary N) is 1. The van der Waals surface area contributed by atoms with Crippen molar-refractivity contribution >= 4 is 0 Å². The molecule has 0 saturated carbocycles. The normalized spacial score (nSPS) is 21.3. The first kappa shape index (κ1) is 15.4. The van der Waals surface area contributed by atoms with Crippen LogP contribution in [0.5, 0.6) is 0 Å². The van der Waals surface area contributed by atoms with Gasteiger partial charge in [-0.25, -0.2) is 0 Å². The van der Waals surface area contributed by atoms with Crippen molar-refractivity contribution in [1.82, 2.24) is 20.4 Å². The highest BCUT2D eigenvalue weighted by molar-refractivity contribution is 4.89. The van der Waals surface area contributed by atoms with Gasteiger partial charge in [0, 0.05) is 24.5 Å². The SMILES string of the molecule is CCc1nc(CN2CCCCC2CNC(C)(C)C)no1. The number of hydrogen-bond acceptors (Lipinski definition) is 5. The Labute approximate surface area is 122 Å².